The van der Waals surface area contributed by atoms with Crippen molar-refractivity contribution < 1.29 is 17.9 Å². The van der Waals surface area contributed by atoms with E-state index in [1.165, 1.54) is 22.7 Å². The van der Waals surface area contributed by atoms with Crippen LogP contribution in [0.3, 0.4) is 0 Å². The third-order valence-electron chi connectivity index (χ3n) is 3.83. The predicted octanol–water partition coefficient (Wildman–Crippen LogP) is 3.23. The molecule has 0 bridgehead atoms. The van der Waals surface area contributed by atoms with Crippen LogP contribution < -0.4 is 4.31 Å². The molecule has 0 spiro atoms. The Morgan fingerprint density at radius 2 is 1.77 bits per heavy atom. The zero-order valence-electron chi connectivity index (χ0n) is 14.5. The number of anilines is 1. The molecule has 0 saturated carbocycles. The highest BCUT2D eigenvalue weighted by atomic mass is 32.2. The Balaban J connectivity index is 1.96. The van der Waals surface area contributed by atoms with Crippen molar-refractivity contribution in [2.45, 2.75) is 24.8 Å². The number of aryl methyl sites for hydroxylation is 1. The molecule has 0 aliphatic carbocycles. The normalized spacial score (nSPS) is 12.7. The van der Waals surface area contributed by atoms with Crippen LogP contribution in [-0.4, -0.2) is 31.2 Å². The molecule has 1 N–H and O–H groups in total. The standard InChI is InChI=1S/C19H20N2O4S/c1-14(22)12-21(17-6-4-3-5-7-17)26(23,24)18-10-8-16(9-11-18)19-13-25-15(2)20-19/h3-11,13-14,22H,12H2,1-2H3/t14-/m1/s1. The second-order valence-corrected chi connectivity index (χ2v) is 7.86. The quantitative estimate of drug-likeness (QED) is 0.718. The minimum Gasteiger partial charge on any atom is -0.449 e. The minimum atomic E-state index is -3.81. The molecule has 0 fully saturated rings. The summed E-state index contributed by atoms with van der Waals surface area (Å²) in [5, 5.41) is 9.76. The van der Waals surface area contributed by atoms with Crippen LogP contribution in [0.5, 0.6) is 0 Å². The summed E-state index contributed by atoms with van der Waals surface area (Å²) in [4.78, 5) is 4.38. The number of aliphatic hydroxyl groups excluding tert-OH is 1. The number of hydrogen-bond acceptors (Lipinski definition) is 5. The number of benzene rings is 2. The van der Waals surface area contributed by atoms with Crippen LogP contribution in [-0.2, 0) is 10.0 Å². The molecule has 2 aromatic carbocycles. The van der Waals surface area contributed by atoms with Gasteiger partial charge in [-0.05, 0) is 31.2 Å². The van der Waals surface area contributed by atoms with Gasteiger partial charge in [-0.15, -0.1) is 0 Å². The van der Waals surface area contributed by atoms with E-state index in [4.69, 9.17) is 4.42 Å². The lowest BCUT2D eigenvalue weighted by Crippen LogP contribution is -2.36. The molecule has 0 saturated heterocycles. The fraction of sp³-hybridized carbons (Fsp3) is 0.211. The van der Waals surface area contributed by atoms with E-state index in [2.05, 4.69) is 4.98 Å². The Morgan fingerprint density at radius 3 is 2.31 bits per heavy atom. The summed E-state index contributed by atoms with van der Waals surface area (Å²) in [6.07, 6.45) is 0.727. The molecular formula is C19H20N2O4S. The third-order valence-corrected chi connectivity index (χ3v) is 5.64. The van der Waals surface area contributed by atoms with Gasteiger partial charge >= 0.3 is 0 Å². The zero-order chi connectivity index (χ0) is 18.7. The smallest absolute Gasteiger partial charge is 0.264 e. The van der Waals surface area contributed by atoms with Crippen molar-refractivity contribution in [3.63, 3.8) is 0 Å². The van der Waals surface area contributed by atoms with Crippen LogP contribution in [0.1, 0.15) is 12.8 Å². The van der Waals surface area contributed by atoms with E-state index in [1.807, 2.05) is 6.07 Å². The maximum Gasteiger partial charge on any atom is 0.264 e. The fourth-order valence-corrected chi connectivity index (χ4v) is 4.14. The molecular weight excluding hydrogens is 352 g/mol. The van der Waals surface area contributed by atoms with Crippen molar-refractivity contribution in [1.82, 2.24) is 4.98 Å². The molecule has 1 heterocycles. The Labute approximate surface area is 152 Å². The number of rotatable bonds is 6. The van der Waals surface area contributed by atoms with E-state index >= 15 is 0 Å². The van der Waals surface area contributed by atoms with Crippen molar-refractivity contribution >= 4 is 15.7 Å². The van der Waals surface area contributed by atoms with Gasteiger partial charge in [-0.3, -0.25) is 4.31 Å². The molecule has 7 heteroatoms. The summed E-state index contributed by atoms with van der Waals surface area (Å²) >= 11 is 0. The second kappa shape index (κ2) is 7.31. The third kappa shape index (κ3) is 3.79. The molecule has 1 aromatic heterocycles. The van der Waals surface area contributed by atoms with Crippen molar-refractivity contribution in [1.29, 1.82) is 0 Å². The van der Waals surface area contributed by atoms with Crippen LogP contribution in [0.25, 0.3) is 11.3 Å². The van der Waals surface area contributed by atoms with Crippen molar-refractivity contribution in [2.24, 2.45) is 0 Å². The van der Waals surface area contributed by atoms with Crippen molar-refractivity contribution in [3.05, 3.63) is 66.8 Å². The number of sulfonamides is 1. The predicted molar refractivity (Wildman–Crippen MR) is 99.3 cm³/mol. The second-order valence-electron chi connectivity index (χ2n) is 6.00. The number of nitrogens with zero attached hydrogens (tertiary/aromatic N) is 2. The fourth-order valence-electron chi connectivity index (χ4n) is 2.60. The Kier molecular flexibility index (Phi) is 5.11. The largest absolute Gasteiger partial charge is 0.449 e. The first-order valence-corrected chi connectivity index (χ1v) is 9.60. The highest BCUT2D eigenvalue weighted by Crippen LogP contribution is 2.26. The van der Waals surface area contributed by atoms with Gasteiger partial charge in [0.1, 0.15) is 12.0 Å². The number of hydrogen-bond donors (Lipinski definition) is 1. The van der Waals surface area contributed by atoms with Gasteiger partial charge in [-0.25, -0.2) is 13.4 Å². The highest BCUT2D eigenvalue weighted by molar-refractivity contribution is 7.92. The number of oxazole rings is 1. The molecule has 26 heavy (non-hydrogen) atoms. The molecule has 3 rings (SSSR count). The van der Waals surface area contributed by atoms with Gasteiger partial charge in [0, 0.05) is 12.5 Å². The van der Waals surface area contributed by atoms with Gasteiger partial charge in [0.05, 0.1) is 23.2 Å². The topological polar surface area (TPSA) is 83.6 Å². The number of aliphatic hydroxyl groups is 1. The number of para-hydroxylation sites is 1. The van der Waals surface area contributed by atoms with E-state index in [9.17, 15) is 13.5 Å². The summed E-state index contributed by atoms with van der Waals surface area (Å²) in [6, 6.07) is 15.2. The molecule has 1 atom stereocenters. The Hall–Kier alpha value is -2.64. The average Bonchev–Trinajstić information content (AvgIpc) is 3.07. The van der Waals surface area contributed by atoms with E-state index in [-0.39, 0.29) is 11.4 Å². The SMILES string of the molecule is Cc1nc(-c2ccc(S(=O)(=O)N(C[C@@H](C)O)c3ccccc3)cc2)co1. The lowest BCUT2D eigenvalue weighted by atomic mass is 10.2. The van der Waals surface area contributed by atoms with Gasteiger partial charge in [0.15, 0.2) is 5.89 Å². The molecule has 3 aromatic rings. The first-order valence-electron chi connectivity index (χ1n) is 8.16. The lowest BCUT2D eigenvalue weighted by Gasteiger charge is -2.25. The van der Waals surface area contributed by atoms with Crippen LogP contribution in [0.4, 0.5) is 5.69 Å². The molecule has 0 aliphatic rings. The minimum absolute atomic E-state index is 0.0312. The summed E-state index contributed by atoms with van der Waals surface area (Å²) in [6.45, 7) is 3.27. The molecule has 0 unspecified atom stereocenters. The summed E-state index contributed by atoms with van der Waals surface area (Å²) in [5.74, 6) is 0.545. The van der Waals surface area contributed by atoms with E-state index in [0.717, 1.165) is 5.56 Å². The molecule has 6 nitrogen and oxygen atoms in total. The molecule has 0 aliphatic heterocycles. The van der Waals surface area contributed by atoms with Crippen molar-refractivity contribution in [3.8, 4) is 11.3 Å². The van der Waals surface area contributed by atoms with Crippen molar-refractivity contribution in [2.75, 3.05) is 10.8 Å². The Morgan fingerprint density at radius 1 is 1.12 bits per heavy atom. The summed E-state index contributed by atoms with van der Waals surface area (Å²) in [7, 11) is -3.81. The van der Waals surface area contributed by atoms with Gasteiger partial charge in [-0.2, -0.15) is 0 Å². The average molecular weight is 372 g/mol. The van der Waals surface area contributed by atoms with Crippen LogP contribution in [0.15, 0.2) is 70.2 Å². The van der Waals surface area contributed by atoms with Gasteiger partial charge in [-0.1, -0.05) is 30.3 Å². The van der Waals surface area contributed by atoms with E-state index < -0.39 is 16.1 Å². The summed E-state index contributed by atoms with van der Waals surface area (Å²) < 4.78 is 32.6. The summed E-state index contributed by atoms with van der Waals surface area (Å²) in [5.41, 5.74) is 1.92. The zero-order valence-corrected chi connectivity index (χ0v) is 15.3. The van der Waals surface area contributed by atoms with Crippen LogP contribution in [0.2, 0.25) is 0 Å². The molecule has 0 amide bonds. The molecule has 136 valence electrons. The maximum atomic E-state index is 13.1. The number of aromatic nitrogens is 1. The van der Waals surface area contributed by atoms with Gasteiger partial charge < -0.3 is 9.52 Å². The first kappa shape index (κ1) is 18.2. The first-order chi connectivity index (χ1) is 12.4. The lowest BCUT2D eigenvalue weighted by molar-refractivity contribution is 0.204. The van der Waals surface area contributed by atoms with E-state index in [1.54, 1.807) is 50.2 Å². The maximum absolute atomic E-state index is 13.1. The Bertz CT molecular complexity index is 964. The van der Waals surface area contributed by atoms with Gasteiger partial charge in [0.2, 0.25) is 0 Å². The molecule has 0 radical (unpaired) electrons. The highest BCUT2D eigenvalue weighted by Gasteiger charge is 2.26. The van der Waals surface area contributed by atoms with Crippen LogP contribution >= 0.6 is 0 Å². The van der Waals surface area contributed by atoms with Crippen LogP contribution in [0, 0.1) is 6.92 Å². The monoisotopic (exact) mass is 372 g/mol. The van der Waals surface area contributed by atoms with E-state index in [0.29, 0.717) is 17.3 Å². The van der Waals surface area contributed by atoms with Gasteiger partial charge in [0.25, 0.3) is 10.0 Å².